The van der Waals surface area contributed by atoms with Crippen molar-refractivity contribution in [3.63, 3.8) is 0 Å². The van der Waals surface area contributed by atoms with Gasteiger partial charge >= 0.3 is 11.9 Å². The van der Waals surface area contributed by atoms with Gasteiger partial charge in [0, 0.05) is 0 Å². The van der Waals surface area contributed by atoms with Gasteiger partial charge < -0.3 is 9.47 Å². The minimum Gasteiger partial charge on any atom is -0.461 e. The lowest BCUT2D eigenvalue weighted by Gasteiger charge is -2.10. The summed E-state index contributed by atoms with van der Waals surface area (Å²) in [6.07, 6.45) is 0.214. The predicted octanol–water partition coefficient (Wildman–Crippen LogP) is 4.01. The van der Waals surface area contributed by atoms with Crippen LogP contribution >= 0.6 is 0 Å². The van der Waals surface area contributed by atoms with Crippen LogP contribution in [0, 0.1) is 11.8 Å². The van der Waals surface area contributed by atoms with Crippen molar-refractivity contribution in [2.24, 2.45) is 0 Å². The number of carbonyl (C=O) groups is 2. The topological polar surface area (TPSA) is 52.6 Å². The summed E-state index contributed by atoms with van der Waals surface area (Å²) in [4.78, 5) is 23.5. The third-order valence-corrected chi connectivity index (χ3v) is 3.70. The zero-order chi connectivity index (χ0) is 18.1. The van der Waals surface area contributed by atoms with E-state index in [2.05, 4.69) is 11.8 Å². The maximum absolute atomic E-state index is 11.8. The van der Waals surface area contributed by atoms with E-state index in [9.17, 15) is 9.59 Å². The van der Waals surface area contributed by atoms with E-state index in [4.69, 9.17) is 9.47 Å². The van der Waals surface area contributed by atoms with Crippen LogP contribution in [0.5, 0.6) is 0 Å². The monoisotopic (exact) mass is 338 g/mol. The molecule has 2 aromatic carbocycles. The lowest BCUT2D eigenvalue weighted by molar-refractivity contribution is -0.152. The van der Waals surface area contributed by atoms with Gasteiger partial charge in [0.1, 0.15) is 6.61 Å². The second-order valence-electron chi connectivity index (χ2n) is 5.62. The normalized spacial score (nSPS) is 11.3. The fourth-order valence-corrected chi connectivity index (χ4v) is 2.36. The Labute approximate surface area is 148 Å². The van der Waals surface area contributed by atoms with Gasteiger partial charge in [-0.1, -0.05) is 49.2 Å². The Kier molecular flexibility index (Phi) is 7.03. The fourth-order valence-electron chi connectivity index (χ4n) is 2.36. The summed E-state index contributed by atoms with van der Waals surface area (Å²) in [6.45, 7) is 3.78. The molecule has 2 aromatic rings. The largest absolute Gasteiger partial charge is 0.461 e. The molecule has 25 heavy (non-hydrogen) atoms. The molecule has 0 heterocycles. The molecule has 0 amide bonds. The average Bonchev–Trinajstić information content (AvgIpc) is 2.64. The molecule has 1 atom stereocenters. The van der Waals surface area contributed by atoms with E-state index in [0.717, 1.165) is 16.3 Å². The maximum atomic E-state index is 11.8. The highest BCUT2D eigenvalue weighted by atomic mass is 16.5. The molecule has 0 aliphatic rings. The van der Waals surface area contributed by atoms with Crippen LogP contribution in [0.15, 0.2) is 42.5 Å². The van der Waals surface area contributed by atoms with Gasteiger partial charge in [-0.3, -0.25) is 9.59 Å². The smallest absolute Gasteiger partial charge is 0.307 e. The quantitative estimate of drug-likeness (QED) is 0.565. The lowest BCUT2D eigenvalue weighted by Crippen LogP contribution is -2.17. The van der Waals surface area contributed by atoms with E-state index in [1.807, 2.05) is 49.4 Å². The van der Waals surface area contributed by atoms with Crippen molar-refractivity contribution >= 4 is 22.7 Å². The zero-order valence-corrected chi connectivity index (χ0v) is 14.6. The molecular formula is C21H22O4. The highest BCUT2D eigenvalue weighted by molar-refractivity contribution is 5.83. The van der Waals surface area contributed by atoms with E-state index in [-0.39, 0.29) is 19.4 Å². The number of benzene rings is 2. The van der Waals surface area contributed by atoms with Crippen molar-refractivity contribution in [3.05, 3.63) is 48.0 Å². The first-order valence-corrected chi connectivity index (χ1v) is 8.37. The Morgan fingerprint density at radius 2 is 1.76 bits per heavy atom. The van der Waals surface area contributed by atoms with E-state index >= 15 is 0 Å². The van der Waals surface area contributed by atoms with Crippen LogP contribution in [0.2, 0.25) is 0 Å². The second kappa shape index (κ2) is 9.48. The van der Waals surface area contributed by atoms with E-state index in [1.165, 1.54) is 0 Å². The Balaban J connectivity index is 1.77. The minimum absolute atomic E-state index is 0.00154. The molecule has 130 valence electrons. The summed E-state index contributed by atoms with van der Waals surface area (Å²) < 4.78 is 10.4. The van der Waals surface area contributed by atoms with Gasteiger partial charge in [-0.25, -0.2) is 0 Å². The summed E-state index contributed by atoms with van der Waals surface area (Å²) in [6, 6.07) is 13.9. The highest BCUT2D eigenvalue weighted by Gasteiger charge is 2.13. The Hall–Kier alpha value is -2.80. The third-order valence-electron chi connectivity index (χ3n) is 3.70. The Bertz CT molecular complexity index is 798. The number of fused-ring (bicyclic) bond motifs is 1. The molecule has 0 N–H and O–H groups in total. The fraction of sp³-hybridized carbons (Fsp3) is 0.333. The molecule has 0 spiro atoms. The van der Waals surface area contributed by atoms with Crippen LogP contribution in [0.4, 0.5) is 0 Å². The standard InChI is InChI=1S/C21H22O4/c1-3-7-19(4-2)25-21(23)13-12-20(22)24-15-16-10-11-17-8-5-6-9-18(17)14-16/h5-6,8-11,14,19H,4,12-13,15H2,1-2H3. The van der Waals surface area contributed by atoms with Gasteiger partial charge in [-0.15, -0.1) is 5.92 Å². The van der Waals surface area contributed by atoms with E-state index in [0.29, 0.717) is 6.42 Å². The van der Waals surface area contributed by atoms with Gasteiger partial charge in [0.2, 0.25) is 0 Å². The van der Waals surface area contributed by atoms with Crippen molar-refractivity contribution in [3.8, 4) is 11.8 Å². The van der Waals surface area contributed by atoms with Crippen LogP contribution in [0.25, 0.3) is 10.8 Å². The maximum Gasteiger partial charge on any atom is 0.307 e. The molecule has 4 heteroatoms. The lowest BCUT2D eigenvalue weighted by atomic mass is 10.1. The molecule has 4 nitrogen and oxygen atoms in total. The van der Waals surface area contributed by atoms with Crippen molar-refractivity contribution in [2.45, 2.75) is 45.8 Å². The third kappa shape index (κ3) is 5.96. The first-order valence-electron chi connectivity index (χ1n) is 8.37. The summed E-state index contributed by atoms with van der Waals surface area (Å²) in [5, 5.41) is 2.24. The molecule has 1 unspecified atom stereocenters. The molecule has 0 aliphatic heterocycles. The molecule has 0 saturated carbocycles. The van der Waals surface area contributed by atoms with E-state index < -0.39 is 18.0 Å². The van der Waals surface area contributed by atoms with Crippen LogP contribution in [0.3, 0.4) is 0 Å². The number of hydrogen-bond donors (Lipinski definition) is 0. The molecule has 0 fully saturated rings. The van der Waals surface area contributed by atoms with Crippen molar-refractivity contribution < 1.29 is 19.1 Å². The van der Waals surface area contributed by atoms with Gasteiger partial charge in [-0.05, 0) is 35.7 Å². The SMILES string of the molecule is CC#CC(CC)OC(=O)CCC(=O)OCc1ccc2ccccc2c1. The van der Waals surface area contributed by atoms with E-state index in [1.54, 1.807) is 6.92 Å². The van der Waals surface area contributed by atoms with Crippen molar-refractivity contribution in [1.82, 2.24) is 0 Å². The molecule has 0 aliphatic carbocycles. The Morgan fingerprint density at radius 3 is 2.48 bits per heavy atom. The number of esters is 2. The summed E-state index contributed by atoms with van der Waals surface area (Å²) in [5.74, 6) is 4.67. The van der Waals surface area contributed by atoms with Crippen LogP contribution in [-0.4, -0.2) is 18.0 Å². The van der Waals surface area contributed by atoms with Gasteiger partial charge in [0.15, 0.2) is 6.10 Å². The van der Waals surface area contributed by atoms with Gasteiger partial charge in [0.25, 0.3) is 0 Å². The summed E-state index contributed by atoms with van der Waals surface area (Å²) in [7, 11) is 0. The molecule has 0 saturated heterocycles. The molecule has 2 rings (SSSR count). The van der Waals surface area contributed by atoms with Crippen molar-refractivity contribution in [2.75, 3.05) is 0 Å². The van der Waals surface area contributed by atoms with Crippen LogP contribution in [-0.2, 0) is 25.7 Å². The summed E-state index contributed by atoms with van der Waals surface area (Å²) >= 11 is 0. The number of carbonyl (C=O) groups excluding carboxylic acids is 2. The number of hydrogen-bond acceptors (Lipinski definition) is 4. The van der Waals surface area contributed by atoms with Crippen molar-refractivity contribution in [1.29, 1.82) is 0 Å². The highest BCUT2D eigenvalue weighted by Crippen LogP contribution is 2.16. The molecule has 0 aromatic heterocycles. The number of ether oxygens (including phenoxy) is 2. The van der Waals surface area contributed by atoms with Crippen LogP contribution in [0.1, 0.15) is 38.7 Å². The average molecular weight is 338 g/mol. The molecule has 0 radical (unpaired) electrons. The minimum atomic E-state index is -0.433. The Morgan fingerprint density at radius 1 is 1.04 bits per heavy atom. The van der Waals surface area contributed by atoms with Gasteiger partial charge in [-0.2, -0.15) is 0 Å². The second-order valence-corrected chi connectivity index (χ2v) is 5.62. The zero-order valence-electron chi connectivity index (χ0n) is 14.6. The van der Waals surface area contributed by atoms with Gasteiger partial charge in [0.05, 0.1) is 12.8 Å². The first-order chi connectivity index (χ1) is 12.1. The molecular weight excluding hydrogens is 316 g/mol. The molecule has 0 bridgehead atoms. The van der Waals surface area contributed by atoms with Crippen LogP contribution < -0.4 is 0 Å². The predicted molar refractivity (Wildman–Crippen MR) is 96.6 cm³/mol. The number of rotatable bonds is 7. The first kappa shape index (κ1) is 18.5. The summed E-state index contributed by atoms with van der Waals surface area (Å²) in [5.41, 5.74) is 0.916.